The Morgan fingerprint density at radius 2 is 1.92 bits per heavy atom. The summed E-state index contributed by atoms with van der Waals surface area (Å²) in [7, 11) is 0.971. The lowest BCUT2D eigenvalue weighted by molar-refractivity contribution is -0.184. The van der Waals surface area contributed by atoms with Gasteiger partial charge in [-0.3, -0.25) is 9.69 Å². The van der Waals surface area contributed by atoms with Crippen LogP contribution < -0.4 is 11.0 Å². The highest BCUT2D eigenvalue weighted by molar-refractivity contribution is 7.13. The first kappa shape index (κ1) is 30.7. The van der Waals surface area contributed by atoms with Crippen molar-refractivity contribution < 1.29 is 14.1 Å². The van der Waals surface area contributed by atoms with Gasteiger partial charge in [-0.05, 0) is 56.8 Å². The summed E-state index contributed by atoms with van der Waals surface area (Å²) in [5.74, 6) is 0.0350. The van der Waals surface area contributed by atoms with E-state index in [0.717, 1.165) is 34.7 Å². The highest BCUT2D eigenvalue weighted by Gasteiger charge is 2.27. The highest BCUT2D eigenvalue weighted by atomic mass is 32.1. The first-order valence-electron chi connectivity index (χ1n) is 12.9. The molecule has 9 heteroatoms. The third kappa shape index (κ3) is 8.52. The predicted molar refractivity (Wildman–Crippen MR) is 157 cm³/mol. The Hall–Kier alpha value is -2.49. The molecule has 0 unspecified atom stereocenters. The number of aryl methyl sites for hydroxylation is 1. The molecule has 1 aromatic carbocycles. The zero-order valence-electron chi connectivity index (χ0n) is 23.8. The van der Waals surface area contributed by atoms with E-state index in [1.165, 1.54) is 24.0 Å². The summed E-state index contributed by atoms with van der Waals surface area (Å²) in [4.78, 5) is 20.6. The van der Waals surface area contributed by atoms with Gasteiger partial charge in [-0.2, -0.15) is 0 Å². The van der Waals surface area contributed by atoms with E-state index in [1.807, 2.05) is 38.1 Å². The van der Waals surface area contributed by atoms with Crippen LogP contribution in [0.25, 0.3) is 17.0 Å². The average molecular weight is 529 g/mol. The maximum absolute atomic E-state index is 16.2. The Labute approximate surface area is 226 Å². The van der Waals surface area contributed by atoms with Crippen LogP contribution in [0.3, 0.4) is 0 Å². The van der Waals surface area contributed by atoms with Crippen LogP contribution in [-0.2, 0) is 21.5 Å². The lowest BCUT2D eigenvalue weighted by Gasteiger charge is -2.17. The molecule has 0 aliphatic heterocycles. The Balaban J connectivity index is 2.84. The van der Waals surface area contributed by atoms with Crippen LogP contribution in [0, 0.1) is 5.82 Å². The first-order chi connectivity index (χ1) is 17.4. The van der Waals surface area contributed by atoms with Crippen LogP contribution in [-0.4, -0.2) is 25.0 Å². The van der Waals surface area contributed by atoms with Crippen molar-refractivity contribution in [2.24, 2.45) is 10.7 Å². The molecule has 202 valence electrons. The number of aromatic nitrogens is 1. The smallest absolute Gasteiger partial charge is 0.399 e. The van der Waals surface area contributed by atoms with Crippen LogP contribution in [0.15, 0.2) is 34.9 Å². The minimum Gasteiger partial charge on any atom is -0.399 e. The average Bonchev–Trinajstić information content (AvgIpc) is 3.28. The third-order valence-corrected chi connectivity index (χ3v) is 7.26. The van der Waals surface area contributed by atoms with Crippen molar-refractivity contribution in [1.82, 2.24) is 4.98 Å². The van der Waals surface area contributed by atoms with Crippen molar-refractivity contribution in [3.8, 4) is 11.3 Å². The molecule has 1 aromatic heterocycles. The van der Waals surface area contributed by atoms with E-state index >= 15 is 4.39 Å². The molecule has 0 bridgehead atoms. The minimum absolute atomic E-state index is 0.224. The Morgan fingerprint density at radius 3 is 2.46 bits per heavy atom. The summed E-state index contributed by atoms with van der Waals surface area (Å²) in [6, 6.07) is 3.70. The number of hydrogen-bond donors (Lipinski definition) is 2. The molecule has 1 heterocycles. The van der Waals surface area contributed by atoms with Gasteiger partial charge in [0.15, 0.2) is 5.82 Å². The molecular weight excluding hydrogens is 486 g/mol. The highest BCUT2D eigenvalue weighted by Crippen LogP contribution is 2.41. The van der Waals surface area contributed by atoms with Gasteiger partial charge in [-0.1, -0.05) is 59.6 Å². The topological polar surface area (TPSA) is 81.8 Å². The van der Waals surface area contributed by atoms with E-state index in [4.69, 9.17) is 20.4 Å². The normalized spacial score (nSPS) is 13.3. The van der Waals surface area contributed by atoms with Gasteiger partial charge in [0.2, 0.25) is 0 Å². The van der Waals surface area contributed by atoms with E-state index in [1.54, 1.807) is 6.92 Å². The van der Waals surface area contributed by atoms with Gasteiger partial charge in [-0.15, -0.1) is 11.3 Å². The molecule has 2 rings (SSSR count). The zero-order valence-corrected chi connectivity index (χ0v) is 24.6. The summed E-state index contributed by atoms with van der Waals surface area (Å²) < 4.78 is 16.2. The van der Waals surface area contributed by atoms with Gasteiger partial charge in [-0.25, -0.2) is 14.4 Å². The number of halogens is 1. The number of nitrogens with two attached hydrogens (primary N) is 1. The molecule has 3 N–H and O–H groups in total. The van der Waals surface area contributed by atoms with E-state index in [9.17, 15) is 0 Å². The maximum atomic E-state index is 16.2. The van der Waals surface area contributed by atoms with Gasteiger partial charge in [0.25, 0.3) is 0 Å². The number of thiazole rings is 1. The van der Waals surface area contributed by atoms with Crippen molar-refractivity contribution in [2.75, 3.05) is 12.3 Å². The van der Waals surface area contributed by atoms with Crippen molar-refractivity contribution in [2.45, 2.75) is 86.4 Å². The molecule has 0 spiro atoms. The molecule has 0 fully saturated rings. The number of anilines is 1. The fraction of sp³-hybridized carbons (Fsp3) is 0.500. The SMILES string of the molecule is CCCB(Nc1cc(CC)cc(-c2nc(C(C)(C)C)sc2/C(=C/C=C(C)CC)N=C(C)N)c1F)OOC. The molecule has 0 aliphatic carbocycles. The summed E-state index contributed by atoms with van der Waals surface area (Å²) in [5, 5.41) is 4.08. The zero-order chi connectivity index (χ0) is 27.8. The summed E-state index contributed by atoms with van der Waals surface area (Å²) >= 11 is 1.53. The van der Waals surface area contributed by atoms with Crippen molar-refractivity contribution in [3.05, 3.63) is 51.1 Å². The third-order valence-electron chi connectivity index (χ3n) is 5.76. The van der Waals surface area contributed by atoms with Gasteiger partial charge in [0.05, 0.1) is 39.9 Å². The second-order valence-electron chi connectivity index (χ2n) is 10.2. The summed E-state index contributed by atoms with van der Waals surface area (Å²) in [5.41, 5.74) is 9.98. The summed E-state index contributed by atoms with van der Waals surface area (Å²) in [6.45, 7) is 16.3. The standard InChI is InChI=1S/C28H42BFN4O2S/c1-10-15-29(36-35-9)34-23-17-20(12-3)16-21(24(23)30)25-26(37-27(33-25)28(6,7)8)22(32-19(5)31)14-13-18(4)11-2/h13-14,16-17,34H,10-12,15H2,1-9H3,(H2,31,32)/b18-13?,22-14-. The number of hydrogen-bond acceptors (Lipinski definition) is 6. The van der Waals surface area contributed by atoms with Crippen LogP contribution >= 0.6 is 11.3 Å². The maximum Gasteiger partial charge on any atom is 0.450 e. The number of amidine groups is 1. The molecule has 0 radical (unpaired) electrons. The summed E-state index contributed by atoms with van der Waals surface area (Å²) in [6.07, 6.45) is 7.15. The number of nitrogens with zero attached hydrogens (tertiary/aromatic N) is 2. The minimum atomic E-state index is -0.480. The van der Waals surface area contributed by atoms with Gasteiger partial charge < -0.3 is 11.0 Å². The molecule has 0 amide bonds. The Morgan fingerprint density at radius 1 is 1.22 bits per heavy atom. The van der Waals surface area contributed by atoms with Crippen LogP contribution in [0.2, 0.25) is 6.32 Å². The second-order valence-corrected chi connectivity index (χ2v) is 11.2. The molecule has 0 atom stereocenters. The fourth-order valence-electron chi connectivity index (χ4n) is 3.55. The lowest BCUT2D eigenvalue weighted by Crippen LogP contribution is -2.28. The predicted octanol–water partition coefficient (Wildman–Crippen LogP) is 7.77. The van der Waals surface area contributed by atoms with E-state index in [0.29, 0.717) is 34.8 Å². The number of rotatable bonds is 12. The molecule has 0 saturated heterocycles. The van der Waals surface area contributed by atoms with Crippen LogP contribution in [0.1, 0.15) is 83.7 Å². The van der Waals surface area contributed by atoms with E-state index < -0.39 is 12.9 Å². The Kier molecular flexibility index (Phi) is 11.5. The van der Waals surface area contributed by atoms with Crippen molar-refractivity contribution in [1.29, 1.82) is 0 Å². The van der Waals surface area contributed by atoms with Crippen LogP contribution in [0.5, 0.6) is 0 Å². The van der Waals surface area contributed by atoms with Crippen molar-refractivity contribution in [3.63, 3.8) is 0 Å². The molecule has 2 aromatic rings. The Bertz CT molecular complexity index is 1140. The van der Waals surface area contributed by atoms with E-state index in [-0.39, 0.29) is 5.41 Å². The van der Waals surface area contributed by atoms with Crippen molar-refractivity contribution >= 4 is 35.6 Å². The van der Waals surface area contributed by atoms with Gasteiger partial charge in [0.1, 0.15) is 0 Å². The fourth-order valence-corrected chi connectivity index (χ4v) is 4.66. The quantitative estimate of drug-likeness (QED) is 0.0734. The van der Waals surface area contributed by atoms with Crippen LogP contribution in [0.4, 0.5) is 10.1 Å². The molecule has 6 nitrogen and oxygen atoms in total. The largest absolute Gasteiger partial charge is 0.450 e. The van der Waals surface area contributed by atoms with Gasteiger partial charge >= 0.3 is 7.05 Å². The number of benzene rings is 1. The monoisotopic (exact) mass is 528 g/mol. The second kappa shape index (κ2) is 13.9. The molecular formula is C28H42BFN4O2S. The first-order valence-corrected chi connectivity index (χ1v) is 13.7. The number of allylic oxidation sites excluding steroid dienone is 3. The molecule has 37 heavy (non-hydrogen) atoms. The van der Waals surface area contributed by atoms with Gasteiger partial charge in [0, 0.05) is 11.0 Å². The molecule has 0 aliphatic rings. The van der Waals surface area contributed by atoms with E-state index in [2.05, 4.69) is 44.8 Å². The number of aliphatic imine (C=N–C) groups is 1. The molecule has 0 saturated carbocycles. The lowest BCUT2D eigenvalue weighted by atomic mass is 9.77. The number of nitrogens with one attached hydrogen (secondary N) is 1.